The first-order valence-corrected chi connectivity index (χ1v) is 16.9. The Hall–Kier alpha value is -4.82. The number of benzene rings is 5. The second-order valence-electron chi connectivity index (χ2n) is 11.2. The molecule has 0 aliphatic heterocycles. The number of hydrogen-bond donors (Lipinski definition) is 3. The summed E-state index contributed by atoms with van der Waals surface area (Å²) < 4.78 is 0. The molecule has 0 aromatic heterocycles. The molecule has 0 aliphatic carbocycles. The lowest BCUT2D eigenvalue weighted by Crippen LogP contribution is -2.30. The summed E-state index contributed by atoms with van der Waals surface area (Å²) >= 11 is 13.6. The molecule has 0 saturated carbocycles. The van der Waals surface area contributed by atoms with Crippen LogP contribution >= 0.6 is 35.0 Å². The minimum atomic E-state index is -0.635. The maximum Gasteiger partial charge on any atom is 0.272 e. The molecule has 6 nitrogen and oxygen atoms in total. The molecule has 1 unspecified atom stereocenters. The first-order chi connectivity index (χ1) is 23.1. The molecule has 5 rings (SSSR count). The molecule has 0 aliphatic rings. The van der Waals surface area contributed by atoms with Gasteiger partial charge in [-0.1, -0.05) is 116 Å². The van der Waals surface area contributed by atoms with Crippen molar-refractivity contribution < 1.29 is 14.4 Å². The first-order valence-electron chi connectivity index (χ1n) is 15.2. The van der Waals surface area contributed by atoms with Crippen LogP contribution in [0.2, 0.25) is 10.0 Å². The zero-order valence-corrected chi connectivity index (χ0v) is 28.6. The van der Waals surface area contributed by atoms with Crippen LogP contribution in [0.3, 0.4) is 0 Å². The number of carbonyl (C=O) groups excluding carboxylic acids is 3. The SMILES string of the molecule is CC(C)c1ccc(/C=C(/NC(=O)c2ccccc2)C(=O)Nc2cccc(SC(C(=O)Nc3cc(Cl)cc(Cl)c3)c3ccccc3)c2)cc1. The maximum atomic E-state index is 13.7. The molecule has 1 atom stereocenters. The van der Waals surface area contributed by atoms with E-state index in [9.17, 15) is 14.4 Å². The fourth-order valence-corrected chi connectivity index (χ4v) is 6.41. The number of anilines is 2. The highest BCUT2D eigenvalue weighted by Gasteiger charge is 2.23. The number of hydrogen-bond acceptors (Lipinski definition) is 4. The van der Waals surface area contributed by atoms with E-state index in [0.29, 0.717) is 32.9 Å². The van der Waals surface area contributed by atoms with Gasteiger partial charge in [-0.05, 0) is 77.2 Å². The Morgan fingerprint density at radius 2 is 1.31 bits per heavy atom. The van der Waals surface area contributed by atoms with Crippen LogP contribution in [0.25, 0.3) is 6.08 Å². The summed E-state index contributed by atoms with van der Waals surface area (Å²) in [5.41, 5.74) is 4.21. The maximum absolute atomic E-state index is 13.7. The number of rotatable bonds is 11. The molecule has 0 bridgehead atoms. The summed E-state index contributed by atoms with van der Waals surface area (Å²) in [6, 6.07) is 38.0. The van der Waals surface area contributed by atoms with Crippen LogP contribution in [0.15, 0.2) is 138 Å². The molecule has 9 heteroatoms. The Kier molecular flexibility index (Phi) is 11.7. The van der Waals surface area contributed by atoms with E-state index in [4.69, 9.17) is 23.2 Å². The lowest BCUT2D eigenvalue weighted by molar-refractivity contribution is -0.116. The van der Waals surface area contributed by atoms with Crippen molar-refractivity contribution in [2.75, 3.05) is 10.6 Å². The van der Waals surface area contributed by atoms with Gasteiger partial charge < -0.3 is 16.0 Å². The van der Waals surface area contributed by atoms with Crippen molar-refractivity contribution in [2.45, 2.75) is 29.9 Å². The van der Waals surface area contributed by atoms with E-state index in [1.165, 1.54) is 17.3 Å². The molecule has 242 valence electrons. The van der Waals surface area contributed by atoms with Gasteiger partial charge in [-0.15, -0.1) is 11.8 Å². The normalized spacial score (nSPS) is 11.9. The predicted molar refractivity (Wildman–Crippen MR) is 198 cm³/mol. The Balaban J connectivity index is 1.38. The molecule has 0 heterocycles. The molecule has 5 aromatic rings. The third kappa shape index (κ3) is 9.61. The van der Waals surface area contributed by atoms with Crippen molar-refractivity contribution in [2.24, 2.45) is 0 Å². The smallest absolute Gasteiger partial charge is 0.272 e. The van der Waals surface area contributed by atoms with Gasteiger partial charge in [0.1, 0.15) is 10.9 Å². The standard InChI is InChI=1S/C39H33Cl2N3O3S/c1-25(2)27-18-16-26(17-19-27)20-35(44-37(45)29-12-7-4-8-13-29)38(46)42-32-14-9-15-34(24-32)48-36(28-10-5-3-6-11-28)39(47)43-33-22-30(40)21-31(41)23-33/h3-25,36H,1-2H3,(H,42,46)(H,43,47)(H,44,45)/b35-20+. The second kappa shape index (κ2) is 16.3. The van der Waals surface area contributed by atoms with Crippen LogP contribution in [0.5, 0.6) is 0 Å². The number of carbonyl (C=O) groups is 3. The van der Waals surface area contributed by atoms with E-state index < -0.39 is 17.1 Å². The van der Waals surface area contributed by atoms with Gasteiger partial charge in [-0.25, -0.2) is 0 Å². The van der Waals surface area contributed by atoms with Crippen molar-refractivity contribution in [3.05, 3.63) is 165 Å². The molecule has 0 saturated heterocycles. The van der Waals surface area contributed by atoms with Crippen molar-refractivity contribution in [3.63, 3.8) is 0 Å². The summed E-state index contributed by atoms with van der Waals surface area (Å²) in [7, 11) is 0. The predicted octanol–water partition coefficient (Wildman–Crippen LogP) is 10.00. The molecule has 48 heavy (non-hydrogen) atoms. The highest BCUT2D eigenvalue weighted by molar-refractivity contribution is 8.00. The molecule has 5 aromatic carbocycles. The van der Waals surface area contributed by atoms with Crippen molar-refractivity contribution in [1.29, 1.82) is 0 Å². The number of amides is 3. The quantitative estimate of drug-likeness (QED) is 0.0949. The van der Waals surface area contributed by atoms with E-state index in [0.717, 1.165) is 16.0 Å². The van der Waals surface area contributed by atoms with E-state index in [2.05, 4.69) is 29.8 Å². The summed E-state index contributed by atoms with van der Waals surface area (Å²) in [4.78, 5) is 41.1. The van der Waals surface area contributed by atoms with E-state index >= 15 is 0 Å². The van der Waals surface area contributed by atoms with Gasteiger partial charge in [-0.2, -0.15) is 0 Å². The molecule has 0 spiro atoms. The first kappa shape index (κ1) is 34.5. The van der Waals surface area contributed by atoms with Gasteiger partial charge in [0.25, 0.3) is 11.8 Å². The van der Waals surface area contributed by atoms with E-state index in [1.807, 2.05) is 66.7 Å². The number of halogens is 2. The summed E-state index contributed by atoms with van der Waals surface area (Å²) in [5.74, 6) is -0.810. The molecular formula is C39H33Cl2N3O3S. The molecule has 3 amide bonds. The fraction of sp³-hybridized carbons (Fsp3) is 0.103. The topological polar surface area (TPSA) is 87.3 Å². The Bertz CT molecular complexity index is 1910. The van der Waals surface area contributed by atoms with Crippen LogP contribution in [0.1, 0.15) is 52.1 Å². The average molecular weight is 695 g/mol. The number of thioether (sulfide) groups is 1. The summed E-state index contributed by atoms with van der Waals surface area (Å²) in [5, 5.41) is 8.81. The third-order valence-electron chi connectivity index (χ3n) is 7.26. The zero-order chi connectivity index (χ0) is 34.0. The van der Waals surface area contributed by atoms with Gasteiger partial charge >= 0.3 is 0 Å². The van der Waals surface area contributed by atoms with Crippen molar-refractivity contribution in [1.82, 2.24) is 5.32 Å². The van der Waals surface area contributed by atoms with Gasteiger partial charge in [0.2, 0.25) is 5.91 Å². The zero-order valence-electron chi connectivity index (χ0n) is 26.2. The molecule has 3 N–H and O–H groups in total. The van der Waals surface area contributed by atoms with E-state index in [1.54, 1.807) is 66.7 Å². The minimum Gasteiger partial charge on any atom is -0.325 e. The van der Waals surface area contributed by atoms with Gasteiger partial charge in [0, 0.05) is 31.9 Å². The Morgan fingerprint density at radius 1 is 0.667 bits per heavy atom. The average Bonchev–Trinajstić information content (AvgIpc) is 3.07. The largest absolute Gasteiger partial charge is 0.325 e. The molecule has 0 fully saturated rings. The van der Waals surface area contributed by atoms with Crippen LogP contribution in [-0.4, -0.2) is 17.7 Å². The lowest BCUT2D eigenvalue weighted by atomic mass is 10.0. The summed E-state index contributed by atoms with van der Waals surface area (Å²) in [6.45, 7) is 4.22. The fourth-order valence-electron chi connectivity index (χ4n) is 4.80. The molecule has 0 radical (unpaired) electrons. The van der Waals surface area contributed by atoms with Gasteiger partial charge in [0.05, 0.1) is 0 Å². The number of nitrogens with one attached hydrogen (secondary N) is 3. The lowest BCUT2D eigenvalue weighted by Gasteiger charge is -2.18. The van der Waals surface area contributed by atoms with Crippen LogP contribution in [-0.2, 0) is 9.59 Å². The van der Waals surface area contributed by atoms with Gasteiger partial charge in [0.15, 0.2) is 0 Å². The second-order valence-corrected chi connectivity index (χ2v) is 13.3. The highest BCUT2D eigenvalue weighted by atomic mass is 35.5. The van der Waals surface area contributed by atoms with Crippen LogP contribution in [0.4, 0.5) is 11.4 Å². The highest BCUT2D eigenvalue weighted by Crippen LogP contribution is 2.37. The third-order valence-corrected chi connectivity index (χ3v) is 8.94. The van der Waals surface area contributed by atoms with Crippen molar-refractivity contribution >= 4 is 70.1 Å². The minimum absolute atomic E-state index is 0.0842. The summed E-state index contributed by atoms with van der Waals surface area (Å²) in [6.07, 6.45) is 1.65. The Morgan fingerprint density at radius 3 is 1.96 bits per heavy atom. The van der Waals surface area contributed by atoms with Crippen LogP contribution in [0, 0.1) is 0 Å². The van der Waals surface area contributed by atoms with Gasteiger partial charge in [-0.3, -0.25) is 14.4 Å². The Labute approximate surface area is 294 Å². The van der Waals surface area contributed by atoms with Crippen molar-refractivity contribution in [3.8, 4) is 0 Å². The van der Waals surface area contributed by atoms with Crippen LogP contribution < -0.4 is 16.0 Å². The monoisotopic (exact) mass is 693 g/mol. The molecular weight excluding hydrogens is 661 g/mol. The van der Waals surface area contributed by atoms with E-state index in [-0.39, 0.29) is 11.6 Å².